The van der Waals surface area contributed by atoms with E-state index in [2.05, 4.69) is 0 Å². The molecule has 3 aromatic rings. The number of esters is 1. The van der Waals surface area contributed by atoms with Crippen LogP contribution in [0.3, 0.4) is 0 Å². The Bertz CT molecular complexity index is 860. The van der Waals surface area contributed by atoms with Crippen LogP contribution < -0.4 is 4.74 Å². The molecule has 0 heterocycles. The second-order valence-electron chi connectivity index (χ2n) is 6.22. The summed E-state index contributed by atoms with van der Waals surface area (Å²) in [6.07, 6.45) is 0.797. The summed E-state index contributed by atoms with van der Waals surface area (Å²) in [6, 6.07) is 24.5. The summed E-state index contributed by atoms with van der Waals surface area (Å²) in [7, 11) is 0. The Balaban J connectivity index is 1.50. The number of aryl methyl sites for hydroxylation is 1. The molecule has 4 nitrogen and oxygen atoms in total. The predicted octanol–water partition coefficient (Wildman–Crippen LogP) is 4.65. The Morgan fingerprint density at radius 3 is 2.07 bits per heavy atom. The fraction of sp³-hybridized carbons (Fsp3) is 0.174. The van der Waals surface area contributed by atoms with Crippen molar-refractivity contribution in [2.24, 2.45) is 0 Å². The zero-order valence-electron chi connectivity index (χ0n) is 15.0. The SMILES string of the molecule is O=C(CCc1ccc(O)c(OCc2ccccc2)c1)OCc1ccccc1. The molecule has 0 amide bonds. The Morgan fingerprint density at radius 2 is 1.41 bits per heavy atom. The summed E-state index contributed by atoms with van der Waals surface area (Å²) in [4.78, 5) is 11.9. The average molecular weight is 362 g/mol. The lowest BCUT2D eigenvalue weighted by molar-refractivity contribution is -0.144. The van der Waals surface area contributed by atoms with Gasteiger partial charge < -0.3 is 14.6 Å². The molecule has 0 saturated carbocycles. The highest BCUT2D eigenvalue weighted by molar-refractivity contribution is 5.69. The van der Waals surface area contributed by atoms with Gasteiger partial charge in [-0.3, -0.25) is 4.79 Å². The van der Waals surface area contributed by atoms with E-state index in [9.17, 15) is 9.90 Å². The average Bonchev–Trinajstić information content (AvgIpc) is 2.72. The molecule has 4 heteroatoms. The predicted molar refractivity (Wildman–Crippen MR) is 103 cm³/mol. The number of phenolic OH excluding ortho intramolecular Hbond substituents is 1. The minimum absolute atomic E-state index is 0.0846. The van der Waals surface area contributed by atoms with Crippen molar-refractivity contribution in [3.8, 4) is 11.5 Å². The van der Waals surface area contributed by atoms with Crippen LogP contribution in [0.15, 0.2) is 78.9 Å². The molecular formula is C23H22O4. The van der Waals surface area contributed by atoms with Gasteiger partial charge in [-0.05, 0) is 35.2 Å². The Hall–Kier alpha value is -3.27. The highest BCUT2D eigenvalue weighted by atomic mass is 16.5. The molecule has 0 bridgehead atoms. The number of carbonyl (C=O) groups is 1. The fourth-order valence-corrected chi connectivity index (χ4v) is 2.62. The van der Waals surface area contributed by atoms with Gasteiger partial charge in [-0.25, -0.2) is 0 Å². The highest BCUT2D eigenvalue weighted by Crippen LogP contribution is 2.28. The van der Waals surface area contributed by atoms with Gasteiger partial charge in [-0.1, -0.05) is 66.7 Å². The molecule has 0 aliphatic carbocycles. The van der Waals surface area contributed by atoms with E-state index in [0.29, 0.717) is 18.8 Å². The smallest absolute Gasteiger partial charge is 0.306 e. The van der Waals surface area contributed by atoms with Crippen LogP contribution in [0.25, 0.3) is 0 Å². The first-order valence-electron chi connectivity index (χ1n) is 8.89. The quantitative estimate of drug-likeness (QED) is 0.593. The van der Waals surface area contributed by atoms with Crippen molar-refractivity contribution in [2.75, 3.05) is 0 Å². The highest BCUT2D eigenvalue weighted by Gasteiger charge is 2.08. The van der Waals surface area contributed by atoms with E-state index in [4.69, 9.17) is 9.47 Å². The number of rotatable bonds is 8. The Morgan fingerprint density at radius 1 is 0.778 bits per heavy atom. The molecule has 0 atom stereocenters. The molecule has 1 N–H and O–H groups in total. The van der Waals surface area contributed by atoms with Gasteiger partial charge in [0.25, 0.3) is 0 Å². The molecule has 0 aliphatic heterocycles. The first kappa shape index (κ1) is 18.5. The van der Waals surface area contributed by atoms with Gasteiger partial charge >= 0.3 is 5.97 Å². The van der Waals surface area contributed by atoms with Crippen LogP contribution in [0.1, 0.15) is 23.1 Å². The van der Waals surface area contributed by atoms with Crippen molar-refractivity contribution in [3.05, 3.63) is 95.6 Å². The maximum absolute atomic E-state index is 11.9. The fourth-order valence-electron chi connectivity index (χ4n) is 2.62. The van der Waals surface area contributed by atoms with E-state index in [1.165, 1.54) is 0 Å². The lowest BCUT2D eigenvalue weighted by Crippen LogP contribution is -2.06. The largest absolute Gasteiger partial charge is 0.504 e. The Labute approximate surface area is 159 Å². The van der Waals surface area contributed by atoms with Crippen molar-refractivity contribution in [1.82, 2.24) is 0 Å². The monoisotopic (exact) mass is 362 g/mol. The number of aromatic hydroxyl groups is 1. The zero-order valence-corrected chi connectivity index (χ0v) is 15.0. The van der Waals surface area contributed by atoms with E-state index < -0.39 is 0 Å². The van der Waals surface area contributed by atoms with E-state index in [1.54, 1.807) is 18.2 Å². The van der Waals surface area contributed by atoms with E-state index in [-0.39, 0.29) is 24.7 Å². The van der Waals surface area contributed by atoms with Crippen molar-refractivity contribution in [3.63, 3.8) is 0 Å². The van der Waals surface area contributed by atoms with Crippen LogP contribution in [0.5, 0.6) is 11.5 Å². The lowest BCUT2D eigenvalue weighted by Gasteiger charge is -2.10. The summed E-state index contributed by atoms with van der Waals surface area (Å²) < 4.78 is 11.0. The third-order valence-corrected chi connectivity index (χ3v) is 4.12. The number of carbonyl (C=O) groups excluding carboxylic acids is 1. The maximum atomic E-state index is 11.9. The molecule has 0 radical (unpaired) electrons. The normalized spacial score (nSPS) is 10.4. The molecule has 0 spiro atoms. The lowest BCUT2D eigenvalue weighted by atomic mass is 10.1. The summed E-state index contributed by atoms with van der Waals surface area (Å²) in [5, 5.41) is 9.98. The molecule has 138 valence electrons. The van der Waals surface area contributed by atoms with Gasteiger partial charge in [0.05, 0.1) is 0 Å². The second-order valence-corrected chi connectivity index (χ2v) is 6.22. The van der Waals surface area contributed by atoms with E-state index in [1.807, 2.05) is 60.7 Å². The van der Waals surface area contributed by atoms with Gasteiger partial charge in [0.15, 0.2) is 11.5 Å². The number of hydrogen-bond acceptors (Lipinski definition) is 4. The molecule has 27 heavy (non-hydrogen) atoms. The van der Waals surface area contributed by atoms with Crippen LogP contribution in [-0.4, -0.2) is 11.1 Å². The molecular weight excluding hydrogens is 340 g/mol. The minimum Gasteiger partial charge on any atom is -0.504 e. The summed E-state index contributed by atoms with van der Waals surface area (Å²) >= 11 is 0. The van der Waals surface area contributed by atoms with Crippen molar-refractivity contribution in [1.29, 1.82) is 0 Å². The number of hydrogen-bond donors (Lipinski definition) is 1. The molecule has 0 saturated heterocycles. The van der Waals surface area contributed by atoms with Crippen molar-refractivity contribution < 1.29 is 19.4 Å². The zero-order chi connectivity index (χ0) is 18.9. The van der Waals surface area contributed by atoms with Crippen molar-refractivity contribution >= 4 is 5.97 Å². The number of benzene rings is 3. The Kier molecular flexibility index (Phi) is 6.47. The second kappa shape index (κ2) is 9.43. The maximum Gasteiger partial charge on any atom is 0.306 e. The van der Waals surface area contributed by atoms with Crippen LogP contribution in [-0.2, 0) is 29.2 Å². The van der Waals surface area contributed by atoms with Crippen molar-refractivity contribution in [2.45, 2.75) is 26.1 Å². The first-order valence-corrected chi connectivity index (χ1v) is 8.89. The number of ether oxygens (including phenoxy) is 2. The van der Waals surface area contributed by atoms with Gasteiger partial charge in [0, 0.05) is 6.42 Å². The van der Waals surface area contributed by atoms with E-state index >= 15 is 0 Å². The van der Waals surface area contributed by atoms with Gasteiger partial charge in [0.2, 0.25) is 0 Å². The van der Waals surface area contributed by atoms with Crippen LogP contribution in [0.2, 0.25) is 0 Å². The van der Waals surface area contributed by atoms with E-state index in [0.717, 1.165) is 16.7 Å². The first-order chi connectivity index (χ1) is 13.2. The molecule has 0 aromatic heterocycles. The van der Waals surface area contributed by atoms with Crippen LogP contribution in [0, 0.1) is 0 Å². The summed E-state index contributed by atoms with van der Waals surface area (Å²) in [5.74, 6) is 0.244. The molecule has 3 rings (SSSR count). The molecule has 0 aliphatic rings. The molecule has 3 aromatic carbocycles. The minimum atomic E-state index is -0.251. The third kappa shape index (κ3) is 5.89. The van der Waals surface area contributed by atoms with Crippen LogP contribution in [0.4, 0.5) is 0 Å². The standard InChI is InChI=1S/C23H22O4/c24-21-13-11-18(15-22(21)26-16-19-7-3-1-4-8-19)12-14-23(25)27-17-20-9-5-2-6-10-20/h1-11,13,15,24H,12,14,16-17H2. The van der Waals surface area contributed by atoms with Gasteiger partial charge in [-0.15, -0.1) is 0 Å². The molecule has 0 unspecified atom stereocenters. The topological polar surface area (TPSA) is 55.8 Å². The van der Waals surface area contributed by atoms with Crippen LogP contribution >= 0.6 is 0 Å². The third-order valence-electron chi connectivity index (χ3n) is 4.12. The summed E-state index contributed by atoms with van der Waals surface area (Å²) in [6.45, 7) is 0.650. The van der Waals surface area contributed by atoms with Gasteiger partial charge in [-0.2, -0.15) is 0 Å². The van der Waals surface area contributed by atoms with Gasteiger partial charge in [0.1, 0.15) is 13.2 Å². The number of phenols is 1. The summed E-state index contributed by atoms with van der Waals surface area (Å²) in [5.41, 5.74) is 2.89. The molecule has 0 fully saturated rings.